The normalized spacial score (nSPS) is 14.9. The van der Waals surface area contributed by atoms with Gasteiger partial charge in [-0.2, -0.15) is 0 Å². The second kappa shape index (κ2) is 8.40. The predicted molar refractivity (Wildman–Crippen MR) is 88.8 cm³/mol. The van der Waals surface area contributed by atoms with Gasteiger partial charge in [-0.1, -0.05) is 26.0 Å². The summed E-state index contributed by atoms with van der Waals surface area (Å²) in [6.07, 6.45) is 4.03. The Hall–Kier alpha value is -1.06. The van der Waals surface area contributed by atoms with Crippen LogP contribution in [0.25, 0.3) is 0 Å². The third-order valence-corrected chi connectivity index (χ3v) is 3.98. The van der Waals surface area contributed by atoms with Gasteiger partial charge in [0.15, 0.2) is 0 Å². The Labute approximate surface area is 129 Å². The average Bonchev–Trinajstić information content (AvgIpc) is 3.28. The van der Waals surface area contributed by atoms with Crippen LogP contribution in [-0.4, -0.2) is 37.7 Å². The molecule has 3 nitrogen and oxygen atoms in total. The fraction of sp³-hybridized carbons (Fsp3) is 0.667. The molecule has 3 heteroatoms. The highest BCUT2D eigenvalue weighted by molar-refractivity contribution is 5.28. The molecule has 0 saturated heterocycles. The lowest BCUT2D eigenvalue weighted by molar-refractivity contribution is 0.194. The molecule has 2 rings (SSSR count). The summed E-state index contributed by atoms with van der Waals surface area (Å²) in [6.45, 7) is 8.54. The molecule has 0 unspecified atom stereocenters. The molecule has 0 amide bonds. The Balaban J connectivity index is 1.75. The monoisotopic (exact) mass is 290 g/mol. The molecule has 1 aromatic rings. The number of rotatable bonds is 10. The van der Waals surface area contributed by atoms with E-state index in [1.165, 1.54) is 31.4 Å². The van der Waals surface area contributed by atoms with Crippen molar-refractivity contribution < 1.29 is 4.74 Å². The van der Waals surface area contributed by atoms with Gasteiger partial charge < -0.3 is 10.1 Å². The highest BCUT2D eigenvalue weighted by Gasteiger charge is 2.28. The molecule has 0 radical (unpaired) electrons. The van der Waals surface area contributed by atoms with Crippen LogP contribution in [0.15, 0.2) is 24.3 Å². The van der Waals surface area contributed by atoms with Crippen molar-refractivity contribution in [2.24, 2.45) is 5.92 Å². The molecule has 0 spiro atoms. The van der Waals surface area contributed by atoms with Gasteiger partial charge in [-0.3, -0.25) is 4.90 Å². The number of nitrogens with one attached hydrogen (secondary N) is 1. The van der Waals surface area contributed by atoms with Crippen LogP contribution in [0.3, 0.4) is 0 Å². The summed E-state index contributed by atoms with van der Waals surface area (Å²) in [6, 6.07) is 9.20. The fourth-order valence-electron chi connectivity index (χ4n) is 2.57. The first-order valence-electron chi connectivity index (χ1n) is 8.29. The first-order chi connectivity index (χ1) is 10.2. The standard InChI is InChI=1S/C18H30N2O/c1-15(2)9-10-20(17-7-8-17)11-12-21-18-6-4-5-16(13-18)14-19-3/h4-6,13,15,17,19H,7-12,14H2,1-3H3. The van der Waals surface area contributed by atoms with Crippen molar-refractivity contribution in [3.63, 3.8) is 0 Å². The van der Waals surface area contributed by atoms with E-state index in [2.05, 4.69) is 48.3 Å². The van der Waals surface area contributed by atoms with Crippen LogP contribution in [0.1, 0.15) is 38.7 Å². The van der Waals surface area contributed by atoms with E-state index in [0.717, 1.165) is 37.4 Å². The highest BCUT2D eigenvalue weighted by Crippen LogP contribution is 2.27. The molecule has 1 saturated carbocycles. The third-order valence-electron chi connectivity index (χ3n) is 3.98. The first-order valence-corrected chi connectivity index (χ1v) is 8.29. The number of benzene rings is 1. The van der Waals surface area contributed by atoms with Crippen LogP contribution in [0.5, 0.6) is 5.75 Å². The Morgan fingerprint density at radius 2 is 2.10 bits per heavy atom. The first kappa shape index (κ1) is 16.3. The lowest BCUT2D eigenvalue weighted by Gasteiger charge is -2.23. The predicted octanol–water partition coefficient (Wildman–Crippen LogP) is 3.30. The zero-order valence-corrected chi connectivity index (χ0v) is 13.8. The van der Waals surface area contributed by atoms with Crippen molar-refractivity contribution in [2.45, 2.75) is 45.7 Å². The van der Waals surface area contributed by atoms with Crippen molar-refractivity contribution >= 4 is 0 Å². The van der Waals surface area contributed by atoms with Gasteiger partial charge in [0.05, 0.1) is 0 Å². The van der Waals surface area contributed by atoms with Crippen molar-refractivity contribution in [1.82, 2.24) is 10.2 Å². The molecule has 1 N–H and O–H groups in total. The highest BCUT2D eigenvalue weighted by atomic mass is 16.5. The van der Waals surface area contributed by atoms with E-state index in [9.17, 15) is 0 Å². The number of hydrogen-bond acceptors (Lipinski definition) is 3. The molecule has 1 aromatic carbocycles. The van der Waals surface area contributed by atoms with Crippen LogP contribution in [0.2, 0.25) is 0 Å². The number of nitrogens with zero attached hydrogens (tertiary/aromatic N) is 1. The Bertz CT molecular complexity index is 415. The second-order valence-corrected chi connectivity index (χ2v) is 6.48. The van der Waals surface area contributed by atoms with E-state index in [1.54, 1.807) is 0 Å². The van der Waals surface area contributed by atoms with E-state index in [4.69, 9.17) is 4.74 Å². The lowest BCUT2D eigenvalue weighted by Crippen LogP contribution is -2.32. The zero-order valence-electron chi connectivity index (χ0n) is 13.8. The average molecular weight is 290 g/mol. The summed E-state index contributed by atoms with van der Waals surface area (Å²) >= 11 is 0. The van der Waals surface area contributed by atoms with Crippen LogP contribution < -0.4 is 10.1 Å². The molecule has 0 aromatic heterocycles. The van der Waals surface area contributed by atoms with Crippen LogP contribution in [-0.2, 0) is 6.54 Å². The van der Waals surface area contributed by atoms with Gasteiger partial charge in [-0.05, 0) is 56.5 Å². The summed E-state index contributed by atoms with van der Waals surface area (Å²) in [5.41, 5.74) is 1.27. The zero-order chi connectivity index (χ0) is 15.1. The summed E-state index contributed by atoms with van der Waals surface area (Å²) in [4.78, 5) is 2.61. The fourth-order valence-corrected chi connectivity index (χ4v) is 2.57. The topological polar surface area (TPSA) is 24.5 Å². The van der Waals surface area contributed by atoms with Crippen LogP contribution in [0.4, 0.5) is 0 Å². The number of ether oxygens (including phenoxy) is 1. The molecule has 0 atom stereocenters. The van der Waals surface area contributed by atoms with Crippen molar-refractivity contribution in [3.8, 4) is 5.75 Å². The molecular formula is C18H30N2O. The Morgan fingerprint density at radius 3 is 2.76 bits per heavy atom. The Morgan fingerprint density at radius 1 is 1.29 bits per heavy atom. The summed E-state index contributed by atoms with van der Waals surface area (Å²) in [5.74, 6) is 1.77. The van der Waals surface area contributed by atoms with E-state index in [0.29, 0.717) is 0 Å². The maximum Gasteiger partial charge on any atom is 0.119 e. The third kappa shape index (κ3) is 6.06. The van der Waals surface area contributed by atoms with E-state index in [-0.39, 0.29) is 0 Å². The molecule has 21 heavy (non-hydrogen) atoms. The van der Waals surface area contributed by atoms with E-state index in [1.807, 2.05) is 7.05 Å². The summed E-state index contributed by atoms with van der Waals surface area (Å²) in [5, 5.41) is 3.17. The second-order valence-electron chi connectivity index (χ2n) is 6.48. The smallest absolute Gasteiger partial charge is 0.119 e. The largest absolute Gasteiger partial charge is 0.492 e. The minimum absolute atomic E-state index is 0.783. The Kier molecular flexibility index (Phi) is 6.52. The van der Waals surface area contributed by atoms with E-state index >= 15 is 0 Å². The minimum atomic E-state index is 0.783. The van der Waals surface area contributed by atoms with Gasteiger partial charge in [-0.15, -0.1) is 0 Å². The lowest BCUT2D eigenvalue weighted by atomic mass is 10.1. The van der Waals surface area contributed by atoms with Crippen molar-refractivity contribution in [1.29, 1.82) is 0 Å². The quantitative estimate of drug-likeness (QED) is 0.715. The maximum absolute atomic E-state index is 5.94. The minimum Gasteiger partial charge on any atom is -0.492 e. The SMILES string of the molecule is CNCc1cccc(OCCN(CCC(C)C)C2CC2)c1. The van der Waals surface area contributed by atoms with Gasteiger partial charge >= 0.3 is 0 Å². The molecule has 0 bridgehead atoms. The van der Waals surface area contributed by atoms with Gasteiger partial charge in [0, 0.05) is 19.1 Å². The van der Waals surface area contributed by atoms with E-state index < -0.39 is 0 Å². The van der Waals surface area contributed by atoms with Gasteiger partial charge in [0.2, 0.25) is 0 Å². The molecule has 0 aliphatic heterocycles. The molecule has 1 aliphatic rings. The van der Waals surface area contributed by atoms with Gasteiger partial charge in [0.1, 0.15) is 12.4 Å². The molecule has 1 aliphatic carbocycles. The molecule has 0 heterocycles. The summed E-state index contributed by atoms with van der Waals surface area (Å²) in [7, 11) is 1.97. The van der Waals surface area contributed by atoms with Crippen LogP contribution >= 0.6 is 0 Å². The van der Waals surface area contributed by atoms with Crippen molar-refractivity contribution in [3.05, 3.63) is 29.8 Å². The molecule has 118 valence electrons. The van der Waals surface area contributed by atoms with Crippen molar-refractivity contribution in [2.75, 3.05) is 26.7 Å². The molecular weight excluding hydrogens is 260 g/mol. The molecule has 1 fully saturated rings. The number of hydrogen-bond donors (Lipinski definition) is 1. The van der Waals surface area contributed by atoms with Gasteiger partial charge in [0.25, 0.3) is 0 Å². The van der Waals surface area contributed by atoms with Gasteiger partial charge in [-0.25, -0.2) is 0 Å². The maximum atomic E-state index is 5.94. The summed E-state index contributed by atoms with van der Waals surface area (Å²) < 4.78 is 5.94. The van der Waals surface area contributed by atoms with Crippen LogP contribution in [0, 0.1) is 5.92 Å².